The van der Waals surface area contributed by atoms with Gasteiger partial charge in [0.25, 0.3) is 0 Å². The van der Waals surface area contributed by atoms with E-state index in [-0.39, 0.29) is 11.1 Å². The number of furan rings is 1. The Hall–Kier alpha value is -3.46. The standard InChI is InChI=1S/C30H29N2O/c1-17(2)19-12-14-32(6)25(15-19)26-18(3)7-8-20-21-9-10-24-27(29(21)33-28(20)26)22-16-31-13-11-23(22)30(24,4)5/h7-17H,1-6H3/q+1/i4D3,5D3,17D. The van der Waals surface area contributed by atoms with E-state index < -0.39 is 25.0 Å². The maximum Gasteiger partial charge on any atom is 0.216 e. The second-order valence-electron chi connectivity index (χ2n) is 9.18. The first-order chi connectivity index (χ1) is 18.6. The Labute approximate surface area is 204 Å². The second-order valence-corrected chi connectivity index (χ2v) is 9.18. The van der Waals surface area contributed by atoms with E-state index in [0.717, 1.165) is 33.2 Å². The maximum atomic E-state index is 8.57. The van der Waals surface area contributed by atoms with Crippen LogP contribution in [0.2, 0.25) is 0 Å². The molecular weight excluding hydrogens is 404 g/mol. The molecule has 5 aromatic rings. The Morgan fingerprint density at radius 3 is 2.52 bits per heavy atom. The number of aromatic nitrogens is 2. The van der Waals surface area contributed by atoms with E-state index in [1.807, 2.05) is 62.8 Å². The van der Waals surface area contributed by atoms with Crippen LogP contribution < -0.4 is 4.57 Å². The fourth-order valence-corrected chi connectivity index (χ4v) is 5.10. The van der Waals surface area contributed by atoms with Crippen molar-refractivity contribution in [3.63, 3.8) is 0 Å². The molecule has 3 nitrogen and oxygen atoms in total. The fraction of sp³-hybridized carbons (Fsp3) is 0.267. The number of nitrogens with zero attached hydrogens (tertiary/aromatic N) is 2. The summed E-state index contributed by atoms with van der Waals surface area (Å²) >= 11 is 0. The van der Waals surface area contributed by atoms with Crippen LogP contribution >= 0.6 is 0 Å². The van der Waals surface area contributed by atoms with Gasteiger partial charge >= 0.3 is 0 Å². The molecule has 3 heterocycles. The lowest BCUT2D eigenvalue weighted by atomic mass is 9.82. The molecule has 33 heavy (non-hydrogen) atoms. The van der Waals surface area contributed by atoms with Crippen LogP contribution in [0.5, 0.6) is 0 Å². The van der Waals surface area contributed by atoms with Gasteiger partial charge in [0.15, 0.2) is 6.20 Å². The van der Waals surface area contributed by atoms with Gasteiger partial charge in [0.05, 0.1) is 5.56 Å². The third-order valence-corrected chi connectivity index (χ3v) is 6.90. The van der Waals surface area contributed by atoms with Crippen LogP contribution in [0.3, 0.4) is 0 Å². The molecule has 0 atom stereocenters. The largest absolute Gasteiger partial charge is 0.454 e. The summed E-state index contributed by atoms with van der Waals surface area (Å²) in [6.07, 6.45) is 4.91. The molecule has 1 aliphatic rings. The molecule has 0 amide bonds. The molecule has 0 radical (unpaired) electrons. The minimum atomic E-state index is -2.86. The molecule has 0 spiro atoms. The van der Waals surface area contributed by atoms with Gasteiger partial charge in [-0.05, 0) is 41.1 Å². The van der Waals surface area contributed by atoms with Crippen molar-refractivity contribution >= 4 is 21.9 Å². The van der Waals surface area contributed by atoms with Gasteiger partial charge in [0.2, 0.25) is 5.69 Å². The van der Waals surface area contributed by atoms with Crippen molar-refractivity contribution in [1.29, 1.82) is 0 Å². The van der Waals surface area contributed by atoms with Gasteiger partial charge in [0.1, 0.15) is 18.2 Å². The van der Waals surface area contributed by atoms with Gasteiger partial charge in [-0.1, -0.05) is 51.8 Å². The summed E-state index contributed by atoms with van der Waals surface area (Å²) in [4.78, 5) is 4.24. The van der Waals surface area contributed by atoms with Crippen molar-refractivity contribution in [2.24, 2.45) is 7.05 Å². The molecule has 6 rings (SSSR count). The van der Waals surface area contributed by atoms with Crippen LogP contribution in [-0.4, -0.2) is 4.98 Å². The third-order valence-electron chi connectivity index (χ3n) is 6.90. The van der Waals surface area contributed by atoms with Gasteiger partial charge in [-0.25, -0.2) is 4.57 Å². The summed E-state index contributed by atoms with van der Waals surface area (Å²) in [5.74, 6) is -0.801. The molecule has 0 fully saturated rings. The van der Waals surface area contributed by atoms with Gasteiger partial charge < -0.3 is 4.42 Å². The first kappa shape index (κ1) is 13.9. The molecule has 164 valence electrons. The number of aryl methyl sites for hydroxylation is 2. The molecule has 2 aromatic carbocycles. The number of fused-ring (bicyclic) bond motifs is 7. The smallest absolute Gasteiger partial charge is 0.216 e. The molecule has 1 aliphatic carbocycles. The molecule has 0 aliphatic heterocycles. The minimum Gasteiger partial charge on any atom is -0.454 e. The van der Waals surface area contributed by atoms with E-state index in [0.29, 0.717) is 22.3 Å². The first-order valence-electron chi connectivity index (χ1n) is 14.5. The summed E-state index contributed by atoms with van der Waals surface area (Å²) in [7, 11) is 1.94. The van der Waals surface area contributed by atoms with Gasteiger partial charge in [-0.3, -0.25) is 4.98 Å². The first-order valence-corrected chi connectivity index (χ1v) is 11.0. The summed E-state index contributed by atoms with van der Waals surface area (Å²) in [6, 6.07) is 12.8. The van der Waals surface area contributed by atoms with Gasteiger partial charge in [-0.2, -0.15) is 0 Å². The van der Waals surface area contributed by atoms with Gasteiger partial charge in [-0.15, -0.1) is 0 Å². The fourth-order valence-electron chi connectivity index (χ4n) is 5.10. The Bertz CT molecular complexity index is 1830. The second kappa shape index (κ2) is 6.77. The molecule has 0 bridgehead atoms. The Morgan fingerprint density at radius 1 is 1.00 bits per heavy atom. The topological polar surface area (TPSA) is 29.9 Å². The minimum absolute atomic E-state index is 0.198. The lowest BCUT2D eigenvalue weighted by molar-refractivity contribution is -0.660. The molecule has 3 heteroatoms. The normalized spacial score (nSPS) is 18.5. The highest BCUT2D eigenvalue weighted by Crippen LogP contribution is 2.52. The summed E-state index contributed by atoms with van der Waals surface area (Å²) in [6.45, 7) is -0.0374. The SMILES string of the molecule is [2H]C(C)(C)c1cc[n+](C)c(-c2c(C)ccc3c2oc2c4c(ccc23)C(C([2H])([2H])[2H])(C([2H])([2H])[2H])c2ccncc2-4)c1. The number of rotatable bonds is 2. The van der Waals surface area contributed by atoms with Crippen molar-refractivity contribution in [2.45, 2.75) is 45.8 Å². The van der Waals surface area contributed by atoms with Crippen molar-refractivity contribution in [3.8, 4) is 22.4 Å². The van der Waals surface area contributed by atoms with Crippen molar-refractivity contribution in [3.05, 3.63) is 83.3 Å². The van der Waals surface area contributed by atoms with Crippen molar-refractivity contribution < 1.29 is 18.6 Å². The molecule has 0 saturated heterocycles. The Balaban J connectivity index is 1.75. The van der Waals surface area contributed by atoms with Gasteiger partial charge in [0, 0.05) is 61.4 Å². The van der Waals surface area contributed by atoms with E-state index in [1.165, 1.54) is 18.5 Å². The van der Waals surface area contributed by atoms with Crippen LogP contribution in [-0.2, 0) is 12.5 Å². The molecular formula is C30H29N2O+. The van der Waals surface area contributed by atoms with E-state index in [2.05, 4.69) is 4.98 Å². The average molecular weight is 441 g/mol. The third kappa shape index (κ3) is 2.68. The van der Waals surface area contributed by atoms with E-state index >= 15 is 0 Å². The quantitative estimate of drug-likeness (QED) is 0.271. The highest BCUT2D eigenvalue weighted by atomic mass is 16.3. The molecule has 3 aromatic heterocycles. The molecule has 0 unspecified atom stereocenters. The Morgan fingerprint density at radius 2 is 1.76 bits per heavy atom. The summed E-state index contributed by atoms with van der Waals surface area (Å²) in [5.41, 5.74) is 3.70. The summed E-state index contributed by atoms with van der Waals surface area (Å²) < 4.78 is 68.1. The Kier molecular flexibility index (Phi) is 2.86. The number of hydrogen-bond donors (Lipinski definition) is 0. The van der Waals surface area contributed by atoms with Crippen LogP contribution in [0, 0.1) is 6.92 Å². The summed E-state index contributed by atoms with van der Waals surface area (Å²) in [5, 5.41) is 1.59. The number of benzene rings is 2. The average Bonchev–Trinajstić information content (AvgIpc) is 3.37. The zero-order valence-corrected chi connectivity index (χ0v) is 19.1. The van der Waals surface area contributed by atoms with Crippen LogP contribution in [0.25, 0.3) is 44.3 Å². The molecule has 0 saturated carbocycles. The van der Waals surface area contributed by atoms with E-state index in [9.17, 15) is 0 Å². The number of hydrogen-bond acceptors (Lipinski definition) is 2. The lowest BCUT2D eigenvalue weighted by Gasteiger charge is -2.20. The van der Waals surface area contributed by atoms with Crippen LogP contribution in [0.1, 0.15) is 65.3 Å². The van der Waals surface area contributed by atoms with E-state index in [1.54, 1.807) is 12.1 Å². The highest BCUT2D eigenvalue weighted by molar-refractivity contribution is 6.14. The van der Waals surface area contributed by atoms with Crippen LogP contribution in [0.4, 0.5) is 0 Å². The maximum absolute atomic E-state index is 8.57. The van der Waals surface area contributed by atoms with Crippen molar-refractivity contribution in [1.82, 2.24) is 4.98 Å². The van der Waals surface area contributed by atoms with Crippen molar-refractivity contribution in [2.75, 3.05) is 0 Å². The molecule has 0 N–H and O–H groups in total. The zero-order valence-electron chi connectivity index (χ0n) is 26.1. The monoisotopic (exact) mass is 440 g/mol. The van der Waals surface area contributed by atoms with Crippen LogP contribution in [0.15, 0.2) is 65.5 Å². The highest BCUT2D eigenvalue weighted by Gasteiger charge is 2.38. The van der Waals surface area contributed by atoms with E-state index in [4.69, 9.17) is 14.0 Å². The predicted molar refractivity (Wildman–Crippen MR) is 135 cm³/mol. The predicted octanol–water partition coefficient (Wildman–Crippen LogP) is 7.21. The lowest BCUT2D eigenvalue weighted by Crippen LogP contribution is -2.31. The number of pyridine rings is 2. The zero-order chi connectivity index (χ0) is 29.0.